The lowest BCUT2D eigenvalue weighted by Crippen LogP contribution is -2.32. The topological polar surface area (TPSA) is 89.7 Å². The zero-order chi connectivity index (χ0) is 14.8. The third-order valence-corrected chi connectivity index (χ3v) is 4.95. The van der Waals surface area contributed by atoms with Crippen molar-refractivity contribution in [3.8, 4) is 0 Å². The smallest absolute Gasteiger partial charge is 0.306 e. The van der Waals surface area contributed by atoms with Crippen molar-refractivity contribution >= 4 is 27.4 Å². The molecule has 0 saturated heterocycles. The maximum Gasteiger partial charge on any atom is 0.306 e. The van der Waals surface area contributed by atoms with Gasteiger partial charge in [-0.15, -0.1) is 0 Å². The molecule has 0 atom stereocenters. The molecule has 0 spiro atoms. The van der Waals surface area contributed by atoms with Crippen LogP contribution in [0, 0.1) is 0 Å². The van der Waals surface area contributed by atoms with Crippen molar-refractivity contribution in [2.75, 3.05) is 28.9 Å². The number of fused-ring (bicyclic) bond motifs is 1. The molecule has 7 heteroatoms. The number of carbonyl (C=O) groups excluding carboxylic acids is 1. The third-order valence-electron chi connectivity index (χ3n) is 3.19. The van der Waals surface area contributed by atoms with Crippen LogP contribution in [-0.2, 0) is 26.0 Å². The zero-order valence-electron chi connectivity index (χ0n) is 11.3. The highest BCUT2D eigenvalue weighted by molar-refractivity contribution is 7.92. The van der Waals surface area contributed by atoms with E-state index in [-0.39, 0.29) is 18.8 Å². The predicted octanol–water partition coefficient (Wildman–Crippen LogP) is 0.914. The second-order valence-corrected chi connectivity index (χ2v) is 6.56. The van der Waals surface area contributed by atoms with Crippen LogP contribution in [0.1, 0.15) is 18.9 Å². The lowest BCUT2D eigenvalue weighted by molar-refractivity contribution is -0.142. The number of anilines is 2. The van der Waals surface area contributed by atoms with Crippen LogP contribution in [0.3, 0.4) is 0 Å². The number of benzene rings is 1. The van der Waals surface area contributed by atoms with E-state index in [1.807, 2.05) is 12.1 Å². The number of nitrogen functional groups attached to an aromatic ring is 1. The fourth-order valence-corrected chi connectivity index (χ4v) is 3.80. The van der Waals surface area contributed by atoms with Crippen molar-refractivity contribution in [1.82, 2.24) is 0 Å². The Labute approximate surface area is 118 Å². The average molecular weight is 298 g/mol. The number of hydrogen-bond donors (Lipinski definition) is 1. The summed E-state index contributed by atoms with van der Waals surface area (Å²) in [5.74, 6) is -0.767. The average Bonchev–Trinajstić information content (AvgIpc) is 2.83. The van der Waals surface area contributed by atoms with Crippen LogP contribution in [0.4, 0.5) is 11.4 Å². The van der Waals surface area contributed by atoms with Gasteiger partial charge in [0.15, 0.2) is 0 Å². The Balaban J connectivity index is 2.15. The Morgan fingerprint density at radius 1 is 1.45 bits per heavy atom. The molecule has 110 valence electrons. The van der Waals surface area contributed by atoms with Gasteiger partial charge in [-0.2, -0.15) is 0 Å². The molecular weight excluding hydrogens is 280 g/mol. The van der Waals surface area contributed by atoms with Gasteiger partial charge in [0.1, 0.15) is 0 Å². The van der Waals surface area contributed by atoms with Gasteiger partial charge >= 0.3 is 5.97 Å². The van der Waals surface area contributed by atoms with E-state index in [1.54, 1.807) is 13.0 Å². The van der Waals surface area contributed by atoms with E-state index in [1.165, 1.54) is 4.31 Å². The molecule has 1 aromatic carbocycles. The van der Waals surface area contributed by atoms with E-state index in [9.17, 15) is 13.2 Å². The van der Waals surface area contributed by atoms with Gasteiger partial charge in [-0.3, -0.25) is 9.10 Å². The number of hydrogen-bond acceptors (Lipinski definition) is 5. The first-order chi connectivity index (χ1) is 9.45. The Bertz CT molecular complexity index is 613. The van der Waals surface area contributed by atoms with Crippen LogP contribution in [0.5, 0.6) is 0 Å². The van der Waals surface area contributed by atoms with E-state index >= 15 is 0 Å². The van der Waals surface area contributed by atoms with Gasteiger partial charge in [-0.1, -0.05) is 12.1 Å². The summed E-state index contributed by atoms with van der Waals surface area (Å²) >= 11 is 0. The zero-order valence-corrected chi connectivity index (χ0v) is 12.1. The van der Waals surface area contributed by atoms with Gasteiger partial charge in [0.05, 0.1) is 30.2 Å². The summed E-state index contributed by atoms with van der Waals surface area (Å²) in [4.78, 5) is 11.3. The molecule has 0 unspecified atom stereocenters. The minimum Gasteiger partial charge on any atom is -0.466 e. The molecule has 2 rings (SSSR count). The van der Waals surface area contributed by atoms with Crippen molar-refractivity contribution in [3.63, 3.8) is 0 Å². The third kappa shape index (κ3) is 2.87. The molecular formula is C13H18N2O4S. The van der Waals surface area contributed by atoms with Crippen LogP contribution in [0.15, 0.2) is 18.2 Å². The van der Waals surface area contributed by atoms with Crippen molar-refractivity contribution in [3.05, 3.63) is 23.8 Å². The summed E-state index contributed by atoms with van der Waals surface area (Å²) in [5.41, 5.74) is 7.78. The number of sulfonamides is 1. The first-order valence-corrected chi connectivity index (χ1v) is 8.10. The van der Waals surface area contributed by atoms with E-state index in [0.717, 1.165) is 5.56 Å². The molecule has 1 aromatic rings. The van der Waals surface area contributed by atoms with Crippen molar-refractivity contribution in [1.29, 1.82) is 0 Å². The number of nitrogens with two attached hydrogens (primary N) is 1. The van der Waals surface area contributed by atoms with Crippen molar-refractivity contribution in [2.24, 2.45) is 0 Å². The van der Waals surface area contributed by atoms with Gasteiger partial charge in [0, 0.05) is 6.54 Å². The highest BCUT2D eigenvalue weighted by atomic mass is 32.2. The summed E-state index contributed by atoms with van der Waals surface area (Å²) in [6.07, 6.45) is 0.494. The van der Waals surface area contributed by atoms with E-state index in [4.69, 9.17) is 10.5 Å². The van der Waals surface area contributed by atoms with Crippen LogP contribution in [-0.4, -0.2) is 33.3 Å². The second-order valence-electron chi connectivity index (χ2n) is 4.55. The molecule has 6 nitrogen and oxygen atoms in total. The predicted molar refractivity (Wildman–Crippen MR) is 76.9 cm³/mol. The Hall–Kier alpha value is -1.76. The van der Waals surface area contributed by atoms with E-state index in [0.29, 0.717) is 24.3 Å². The fraction of sp³-hybridized carbons (Fsp3) is 0.462. The Morgan fingerprint density at radius 3 is 2.90 bits per heavy atom. The quantitative estimate of drug-likeness (QED) is 0.645. The lowest BCUT2D eigenvalue weighted by Gasteiger charge is -2.20. The van der Waals surface area contributed by atoms with Gasteiger partial charge in [-0.25, -0.2) is 8.42 Å². The summed E-state index contributed by atoms with van der Waals surface area (Å²) in [5, 5.41) is 0. The molecule has 0 fully saturated rings. The molecule has 1 aliphatic rings. The molecule has 1 heterocycles. The van der Waals surface area contributed by atoms with Crippen LogP contribution >= 0.6 is 0 Å². The monoisotopic (exact) mass is 298 g/mol. The minimum absolute atomic E-state index is 0.144. The maximum absolute atomic E-state index is 12.3. The number of esters is 1. The van der Waals surface area contributed by atoms with E-state index in [2.05, 4.69) is 0 Å². The first-order valence-electron chi connectivity index (χ1n) is 6.49. The van der Waals surface area contributed by atoms with Gasteiger partial charge in [0.2, 0.25) is 10.0 Å². The van der Waals surface area contributed by atoms with Crippen LogP contribution < -0.4 is 10.0 Å². The lowest BCUT2D eigenvalue weighted by atomic mass is 10.1. The molecule has 2 N–H and O–H groups in total. The number of rotatable bonds is 5. The standard InChI is InChI=1S/C13H18N2O4S/c1-2-19-12(16)7-9-20(17,18)15-8-6-10-4-3-5-11(14)13(10)15/h3-5H,2,6-9,14H2,1H3. The molecule has 0 radical (unpaired) electrons. The van der Waals surface area contributed by atoms with E-state index < -0.39 is 16.0 Å². The highest BCUT2D eigenvalue weighted by Gasteiger charge is 2.31. The summed E-state index contributed by atoms with van der Waals surface area (Å²) in [6.45, 7) is 2.30. The maximum atomic E-state index is 12.3. The summed E-state index contributed by atoms with van der Waals surface area (Å²) < 4.78 is 30.7. The van der Waals surface area contributed by atoms with Crippen molar-refractivity contribution < 1.29 is 17.9 Å². The molecule has 20 heavy (non-hydrogen) atoms. The number of para-hydroxylation sites is 1. The summed E-state index contributed by atoms with van der Waals surface area (Å²) in [6, 6.07) is 5.35. The van der Waals surface area contributed by atoms with Gasteiger partial charge in [-0.05, 0) is 25.0 Å². The van der Waals surface area contributed by atoms with Crippen molar-refractivity contribution in [2.45, 2.75) is 19.8 Å². The SMILES string of the molecule is CCOC(=O)CCS(=O)(=O)N1CCc2cccc(N)c21. The second kappa shape index (κ2) is 5.70. The molecule has 0 bridgehead atoms. The van der Waals surface area contributed by atoms with Gasteiger partial charge in [0.25, 0.3) is 0 Å². The number of carbonyl (C=O) groups is 1. The Kier molecular flexibility index (Phi) is 4.17. The first kappa shape index (κ1) is 14.6. The molecule has 0 saturated carbocycles. The molecule has 1 aliphatic heterocycles. The van der Waals surface area contributed by atoms with Crippen LogP contribution in [0.2, 0.25) is 0 Å². The fourth-order valence-electron chi connectivity index (χ4n) is 2.28. The Morgan fingerprint density at radius 2 is 2.20 bits per heavy atom. The normalized spacial score (nSPS) is 14.2. The number of nitrogens with zero attached hydrogens (tertiary/aromatic N) is 1. The minimum atomic E-state index is -3.56. The van der Waals surface area contributed by atoms with Crippen LogP contribution in [0.25, 0.3) is 0 Å². The van der Waals surface area contributed by atoms with Gasteiger partial charge < -0.3 is 10.5 Å². The highest BCUT2D eigenvalue weighted by Crippen LogP contribution is 2.35. The molecule has 0 amide bonds. The molecule has 0 aliphatic carbocycles. The number of ether oxygens (including phenoxy) is 1. The molecule has 0 aromatic heterocycles. The summed E-state index contributed by atoms with van der Waals surface area (Å²) in [7, 11) is -3.56. The largest absolute Gasteiger partial charge is 0.466 e.